The van der Waals surface area contributed by atoms with E-state index in [-0.39, 0.29) is 5.91 Å². The number of hydrogen-bond acceptors (Lipinski definition) is 4. The van der Waals surface area contributed by atoms with Crippen molar-refractivity contribution in [1.82, 2.24) is 14.9 Å². The number of para-hydroxylation sites is 4. The largest absolute Gasteiger partial charge is 0.496 e. The van der Waals surface area contributed by atoms with Crippen molar-refractivity contribution in [2.24, 2.45) is 0 Å². The number of aryl methyl sites for hydroxylation is 1. The molecule has 0 aliphatic heterocycles. The second kappa shape index (κ2) is 10.5. The fourth-order valence-corrected chi connectivity index (χ4v) is 3.68. The van der Waals surface area contributed by atoms with Gasteiger partial charge in [0.2, 0.25) is 0 Å². The quantitative estimate of drug-likeness (QED) is 0.367. The molecule has 0 saturated carbocycles. The topological polar surface area (TPSA) is 65.4 Å². The molecular formula is C26H27N3O3. The van der Waals surface area contributed by atoms with Gasteiger partial charge >= 0.3 is 0 Å². The molecule has 1 N–H and O–H groups in total. The van der Waals surface area contributed by atoms with Gasteiger partial charge in [0.25, 0.3) is 5.91 Å². The number of nitrogens with zero attached hydrogens (tertiary/aromatic N) is 2. The molecule has 1 heterocycles. The van der Waals surface area contributed by atoms with E-state index in [0.29, 0.717) is 24.5 Å². The summed E-state index contributed by atoms with van der Waals surface area (Å²) >= 11 is 0. The second-order valence-corrected chi connectivity index (χ2v) is 7.42. The van der Waals surface area contributed by atoms with Crippen LogP contribution in [0.5, 0.6) is 11.5 Å². The third kappa shape index (κ3) is 5.09. The van der Waals surface area contributed by atoms with Crippen LogP contribution < -0.4 is 14.8 Å². The number of unbranched alkanes of at least 4 members (excludes halogenated alkanes) is 1. The number of rotatable bonds is 10. The maximum Gasteiger partial charge on any atom is 0.255 e. The maximum absolute atomic E-state index is 12.7. The van der Waals surface area contributed by atoms with E-state index in [4.69, 9.17) is 14.5 Å². The SMILES string of the molecule is COc1ccccc1C(=O)NCc1nc2ccccc2n1CCCCOc1ccccc1. The van der Waals surface area contributed by atoms with Gasteiger partial charge in [0, 0.05) is 6.54 Å². The summed E-state index contributed by atoms with van der Waals surface area (Å²) in [7, 11) is 1.56. The minimum absolute atomic E-state index is 0.183. The zero-order valence-corrected chi connectivity index (χ0v) is 18.2. The molecule has 32 heavy (non-hydrogen) atoms. The Morgan fingerprint density at radius 1 is 0.938 bits per heavy atom. The fraction of sp³-hybridized carbons (Fsp3) is 0.231. The van der Waals surface area contributed by atoms with Crippen molar-refractivity contribution >= 4 is 16.9 Å². The predicted octanol–water partition coefficient (Wildman–Crippen LogP) is 4.83. The Labute approximate surface area is 187 Å². The molecule has 0 fully saturated rings. The molecule has 0 atom stereocenters. The lowest BCUT2D eigenvalue weighted by atomic mass is 10.2. The van der Waals surface area contributed by atoms with Gasteiger partial charge in [-0.3, -0.25) is 4.79 Å². The minimum Gasteiger partial charge on any atom is -0.496 e. The van der Waals surface area contributed by atoms with Crippen LogP contribution in [-0.4, -0.2) is 29.2 Å². The summed E-state index contributed by atoms with van der Waals surface area (Å²) in [6, 6.07) is 25.1. The summed E-state index contributed by atoms with van der Waals surface area (Å²) in [5, 5.41) is 2.99. The molecule has 0 unspecified atom stereocenters. The van der Waals surface area contributed by atoms with Crippen LogP contribution in [0.3, 0.4) is 0 Å². The monoisotopic (exact) mass is 429 g/mol. The lowest BCUT2D eigenvalue weighted by Gasteiger charge is -2.12. The molecule has 4 aromatic rings. The van der Waals surface area contributed by atoms with Crippen LogP contribution in [0.4, 0.5) is 0 Å². The first-order valence-electron chi connectivity index (χ1n) is 10.8. The first-order chi connectivity index (χ1) is 15.8. The van der Waals surface area contributed by atoms with E-state index in [1.165, 1.54) is 0 Å². The molecule has 0 radical (unpaired) electrons. The molecule has 164 valence electrons. The Hall–Kier alpha value is -3.80. The fourth-order valence-electron chi connectivity index (χ4n) is 3.68. The molecule has 6 heteroatoms. The standard InChI is InChI=1S/C26H27N3O3/c1-31-24-16-8-5-13-21(24)26(30)27-19-25-28-22-14-6-7-15-23(22)29(25)17-9-10-18-32-20-11-3-2-4-12-20/h2-8,11-16H,9-10,17-19H2,1H3,(H,27,30). The van der Waals surface area contributed by atoms with Gasteiger partial charge in [-0.1, -0.05) is 42.5 Å². The van der Waals surface area contributed by atoms with Gasteiger partial charge in [-0.15, -0.1) is 0 Å². The van der Waals surface area contributed by atoms with Gasteiger partial charge in [-0.25, -0.2) is 4.98 Å². The van der Waals surface area contributed by atoms with Crippen molar-refractivity contribution in [3.8, 4) is 11.5 Å². The van der Waals surface area contributed by atoms with Crippen LogP contribution in [0.25, 0.3) is 11.0 Å². The molecule has 0 aliphatic rings. The highest BCUT2D eigenvalue weighted by atomic mass is 16.5. The summed E-state index contributed by atoms with van der Waals surface area (Å²) in [5.74, 6) is 2.09. The van der Waals surface area contributed by atoms with E-state index in [1.54, 1.807) is 19.2 Å². The molecule has 4 rings (SSSR count). The smallest absolute Gasteiger partial charge is 0.255 e. The average molecular weight is 430 g/mol. The Kier molecular flexibility index (Phi) is 7.02. The van der Waals surface area contributed by atoms with Gasteiger partial charge < -0.3 is 19.4 Å². The number of hydrogen-bond donors (Lipinski definition) is 1. The molecule has 1 aromatic heterocycles. The van der Waals surface area contributed by atoms with Gasteiger partial charge in [-0.2, -0.15) is 0 Å². The van der Waals surface area contributed by atoms with E-state index in [2.05, 4.69) is 16.0 Å². The van der Waals surface area contributed by atoms with Crippen LogP contribution in [-0.2, 0) is 13.1 Å². The van der Waals surface area contributed by atoms with Crippen molar-refractivity contribution in [2.45, 2.75) is 25.9 Å². The molecule has 0 spiro atoms. The summed E-state index contributed by atoms with van der Waals surface area (Å²) in [6.07, 6.45) is 1.87. The molecular weight excluding hydrogens is 402 g/mol. The first-order valence-corrected chi connectivity index (χ1v) is 10.8. The average Bonchev–Trinajstić information content (AvgIpc) is 3.20. The van der Waals surface area contributed by atoms with Crippen LogP contribution in [0.1, 0.15) is 29.0 Å². The number of carbonyl (C=O) groups is 1. The molecule has 3 aromatic carbocycles. The first kappa shape index (κ1) is 21.4. The van der Waals surface area contributed by atoms with Crippen molar-refractivity contribution in [3.63, 3.8) is 0 Å². The number of nitrogens with one attached hydrogen (secondary N) is 1. The summed E-state index contributed by atoms with van der Waals surface area (Å²) in [6.45, 7) is 1.81. The van der Waals surface area contributed by atoms with E-state index in [0.717, 1.165) is 42.0 Å². The number of carbonyl (C=O) groups excluding carboxylic acids is 1. The van der Waals surface area contributed by atoms with Crippen molar-refractivity contribution < 1.29 is 14.3 Å². The highest BCUT2D eigenvalue weighted by molar-refractivity contribution is 5.96. The van der Waals surface area contributed by atoms with Crippen LogP contribution in [0, 0.1) is 0 Å². The molecule has 0 saturated heterocycles. The van der Waals surface area contributed by atoms with Gasteiger partial charge in [0.1, 0.15) is 17.3 Å². The van der Waals surface area contributed by atoms with Gasteiger partial charge in [0.15, 0.2) is 0 Å². The molecule has 0 bridgehead atoms. The normalized spacial score (nSPS) is 10.8. The van der Waals surface area contributed by atoms with Crippen molar-refractivity contribution in [1.29, 1.82) is 0 Å². The highest BCUT2D eigenvalue weighted by Gasteiger charge is 2.14. The lowest BCUT2D eigenvalue weighted by Crippen LogP contribution is -2.25. The number of amides is 1. The number of ether oxygens (including phenoxy) is 2. The molecule has 6 nitrogen and oxygen atoms in total. The Morgan fingerprint density at radius 2 is 1.69 bits per heavy atom. The predicted molar refractivity (Wildman–Crippen MR) is 125 cm³/mol. The minimum atomic E-state index is -0.183. The summed E-state index contributed by atoms with van der Waals surface area (Å²) in [4.78, 5) is 17.5. The van der Waals surface area contributed by atoms with E-state index < -0.39 is 0 Å². The zero-order valence-electron chi connectivity index (χ0n) is 18.2. The number of benzene rings is 3. The summed E-state index contributed by atoms with van der Waals surface area (Å²) in [5.41, 5.74) is 2.50. The summed E-state index contributed by atoms with van der Waals surface area (Å²) < 4.78 is 13.3. The lowest BCUT2D eigenvalue weighted by molar-refractivity contribution is 0.0946. The van der Waals surface area contributed by atoms with E-state index in [9.17, 15) is 4.79 Å². The Balaban J connectivity index is 1.40. The van der Waals surface area contributed by atoms with Crippen LogP contribution in [0.2, 0.25) is 0 Å². The number of methoxy groups -OCH3 is 1. The second-order valence-electron chi connectivity index (χ2n) is 7.42. The molecule has 0 aliphatic carbocycles. The zero-order chi connectivity index (χ0) is 22.2. The third-order valence-electron chi connectivity index (χ3n) is 5.28. The van der Waals surface area contributed by atoms with Gasteiger partial charge in [-0.05, 0) is 49.2 Å². The highest BCUT2D eigenvalue weighted by Crippen LogP contribution is 2.19. The third-order valence-corrected chi connectivity index (χ3v) is 5.28. The Bertz CT molecular complexity index is 1170. The maximum atomic E-state index is 12.7. The van der Waals surface area contributed by atoms with Crippen molar-refractivity contribution in [2.75, 3.05) is 13.7 Å². The number of fused-ring (bicyclic) bond motifs is 1. The van der Waals surface area contributed by atoms with Gasteiger partial charge in [0.05, 0.1) is 36.9 Å². The Morgan fingerprint density at radius 3 is 2.53 bits per heavy atom. The van der Waals surface area contributed by atoms with Crippen LogP contribution in [0.15, 0.2) is 78.9 Å². The van der Waals surface area contributed by atoms with E-state index in [1.807, 2.05) is 60.7 Å². The number of aromatic nitrogens is 2. The van der Waals surface area contributed by atoms with Crippen LogP contribution >= 0.6 is 0 Å². The van der Waals surface area contributed by atoms with Crippen molar-refractivity contribution in [3.05, 3.63) is 90.3 Å². The van der Waals surface area contributed by atoms with E-state index >= 15 is 0 Å². The number of imidazole rings is 1. The molecule has 1 amide bonds.